The van der Waals surface area contributed by atoms with Gasteiger partial charge >= 0.3 is 0 Å². The van der Waals surface area contributed by atoms with E-state index in [1.807, 2.05) is 6.07 Å². The first kappa shape index (κ1) is 20.2. The number of nitrogens with one attached hydrogen (secondary N) is 1. The lowest BCUT2D eigenvalue weighted by atomic mass is 9.49. The minimum atomic E-state index is -0.497. The Bertz CT molecular complexity index is 1060. The Morgan fingerprint density at radius 3 is 2.25 bits per heavy atom. The van der Waals surface area contributed by atoms with Crippen LogP contribution in [0.3, 0.4) is 0 Å². The lowest BCUT2D eigenvalue weighted by molar-refractivity contribution is -0.160. The van der Waals surface area contributed by atoms with Crippen LogP contribution in [0.5, 0.6) is 0 Å². The number of hydrogen-bond donors (Lipinski definition) is 1. The Labute approximate surface area is 192 Å². The minimum absolute atomic E-state index is 0.0189. The van der Waals surface area contributed by atoms with Crippen LogP contribution in [0, 0.1) is 29.0 Å². The SMILES string of the molecule is O=C1CN(C(=O)C23CC4CC(CC(C4)C2)C3)C(c2ccc(F)cc2)c2cc(Cl)ccc2N1. The molecule has 32 heavy (non-hydrogen) atoms. The molecular weight excluding hydrogens is 427 g/mol. The van der Waals surface area contributed by atoms with Gasteiger partial charge in [0.05, 0.1) is 11.5 Å². The molecule has 4 nitrogen and oxygen atoms in total. The van der Waals surface area contributed by atoms with Crippen molar-refractivity contribution in [1.82, 2.24) is 4.90 Å². The van der Waals surface area contributed by atoms with Gasteiger partial charge < -0.3 is 10.2 Å². The van der Waals surface area contributed by atoms with Crippen LogP contribution in [0.1, 0.15) is 55.7 Å². The van der Waals surface area contributed by atoms with Gasteiger partial charge in [-0.25, -0.2) is 4.39 Å². The predicted molar refractivity (Wildman–Crippen MR) is 121 cm³/mol. The van der Waals surface area contributed by atoms with Crippen LogP contribution in [0.25, 0.3) is 0 Å². The van der Waals surface area contributed by atoms with Crippen LogP contribution in [-0.4, -0.2) is 23.3 Å². The third-order valence-electron chi connectivity index (χ3n) is 8.15. The van der Waals surface area contributed by atoms with Gasteiger partial charge in [0, 0.05) is 16.3 Å². The number of amides is 2. The number of hydrogen-bond acceptors (Lipinski definition) is 2. The van der Waals surface area contributed by atoms with E-state index in [0.29, 0.717) is 28.5 Å². The molecule has 1 aliphatic heterocycles. The van der Waals surface area contributed by atoms with Crippen molar-refractivity contribution >= 4 is 29.1 Å². The van der Waals surface area contributed by atoms with E-state index in [9.17, 15) is 14.0 Å². The van der Waals surface area contributed by atoms with Gasteiger partial charge in [0.15, 0.2) is 0 Å². The highest BCUT2D eigenvalue weighted by atomic mass is 35.5. The minimum Gasteiger partial charge on any atom is -0.324 e. The van der Waals surface area contributed by atoms with Crippen LogP contribution in [0.4, 0.5) is 10.1 Å². The van der Waals surface area contributed by atoms with Crippen molar-refractivity contribution in [3.05, 3.63) is 64.4 Å². The van der Waals surface area contributed by atoms with Gasteiger partial charge in [-0.3, -0.25) is 9.59 Å². The van der Waals surface area contributed by atoms with Crippen molar-refractivity contribution in [1.29, 1.82) is 0 Å². The van der Waals surface area contributed by atoms with Crippen molar-refractivity contribution < 1.29 is 14.0 Å². The second-order valence-corrected chi connectivity index (χ2v) is 10.8. The second-order valence-electron chi connectivity index (χ2n) is 10.4. The van der Waals surface area contributed by atoms with Crippen LogP contribution in [0.2, 0.25) is 5.02 Å². The standard InChI is InChI=1S/C26H26ClFN2O2/c27-19-3-6-22-21(10-19)24(18-1-4-20(28)5-2-18)30(14-23(31)29-22)25(32)26-11-15-7-16(12-26)9-17(8-15)13-26/h1-6,10,15-17,24H,7-9,11-14H2,(H,29,31). The molecule has 1 atom stereocenters. The van der Waals surface area contributed by atoms with E-state index in [-0.39, 0.29) is 29.6 Å². The monoisotopic (exact) mass is 452 g/mol. The summed E-state index contributed by atoms with van der Waals surface area (Å²) in [5.41, 5.74) is 1.82. The zero-order chi connectivity index (χ0) is 22.0. The van der Waals surface area contributed by atoms with Crippen LogP contribution < -0.4 is 5.32 Å². The molecule has 0 aromatic heterocycles. The number of carbonyl (C=O) groups is 2. The molecule has 1 unspecified atom stereocenters. The average molecular weight is 453 g/mol. The Kier molecular flexibility index (Phi) is 4.62. The fourth-order valence-corrected chi connectivity index (χ4v) is 7.53. The number of fused-ring (bicyclic) bond motifs is 1. The molecule has 4 aliphatic carbocycles. The Hall–Kier alpha value is -2.40. The summed E-state index contributed by atoms with van der Waals surface area (Å²) in [4.78, 5) is 29.0. The highest BCUT2D eigenvalue weighted by molar-refractivity contribution is 6.30. The molecule has 2 aromatic rings. The first-order valence-corrected chi connectivity index (χ1v) is 11.9. The van der Waals surface area contributed by atoms with Gasteiger partial charge in [-0.1, -0.05) is 23.7 Å². The van der Waals surface area contributed by atoms with Gasteiger partial charge in [0.25, 0.3) is 0 Å². The van der Waals surface area contributed by atoms with Crippen molar-refractivity contribution in [2.24, 2.45) is 23.2 Å². The van der Waals surface area contributed by atoms with Gasteiger partial charge in [0.2, 0.25) is 11.8 Å². The Morgan fingerprint density at radius 2 is 1.62 bits per heavy atom. The Morgan fingerprint density at radius 1 is 1.00 bits per heavy atom. The molecule has 0 radical (unpaired) electrons. The molecular formula is C26H26ClFN2O2. The quantitative estimate of drug-likeness (QED) is 0.648. The maximum atomic E-state index is 14.3. The first-order valence-electron chi connectivity index (χ1n) is 11.6. The van der Waals surface area contributed by atoms with E-state index in [1.54, 1.807) is 29.2 Å². The van der Waals surface area contributed by atoms with Crippen molar-refractivity contribution in [2.75, 3.05) is 11.9 Å². The third kappa shape index (κ3) is 3.24. The molecule has 166 valence electrons. The molecule has 5 aliphatic rings. The number of anilines is 1. The predicted octanol–water partition coefficient (Wildman–Crippen LogP) is 5.57. The third-order valence-corrected chi connectivity index (χ3v) is 8.38. The summed E-state index contributed by atoms with van der Waals surface area (Å²) in [7, 11) is 0. The molecule has 7 rings (SSSR count). The summed E-state index contributed by atoms with van der Waals surface area (Å²) in [6, 6.07) is 11.1. The molecule has 4 saturated carbocycles. The lowest BCUT2D eigenvalue weighted by Crippen LogP contribution is -2.55. The summed E-state index contributed by atoms with van der Waals surface area (Å²) in [6.45, 7) is -0.0189. The maximum absolute atomic E-state index is 14.3. The van der Waals surface area contributed by atoms with E-state index in [1.165, 1.54) is 31.4 Å². The van der Waals surface area contributed by atoms with E-state index >= 15 is 0 Å². The van der Waals surface area contributed by atoms with E-state index in [4.69, 9.17) is 11.6 Å². The smallest absolute Gasteiger partial charge is 0.244 e. The maximum Gasteiger partial charge on any atom is 0.244 e. The zero-order valence-electron chi connectivity index (χ0n) is 17.8. The molecule has 4 bridgehead atoms. The topological polar surface area (TPSA) is 49.4 Å². The van der Waals surface area contributed by atoms with Gasteiger partial charge in [-0.15, -0.1) is 0 Å². The molecule has 2 amide bonds. The number of halogens is 2. The van der Waals surface area contributed by atoms with Crippen LogP contribution in [0.15, 0.2) is 42.5 Å². The normalized spacial score (nSPS) is 32.9. The summed E-state index contributed by atoms with van der Waals surface area (Å²) in [5, 5.41) is 3.49. The fraction of sp³-hybridized carbons (Fsp3) is 0.462. The lowest BCUT2D eigenvalue weighted by Gasteiger charge is -2.57. The number of rotatable bonds is 2. The molecule has 0 spiro atoms. The van der Waals surface area contributed by atoms with Gasteiger partial charge in [-0.2, -0.15) is 0 Å². The molecule has 0 saturated heterocycles. The highest BCUT2D eigenvalue weighted by Gasteiger charge is 2.56. The number of nitrogens with zero attached hydrogens (tertiary/aromatic N) is 1. The number of benzene rings is 2. The molecule has 1 heterocycles. The highest BCUT2D eigenvalue weighted by Crippen LogP contribution is 2.61. The van der Waals surface area contributed by atoms with Crippen LogP contribution in [-0.2, 0) is 9.59 Å². The first-order chi connectivity index (χ1) is 15.4. The van der Waals surface area contributed by atoms with Crippen molar-refractivity contribution in [3.63, 3.8) is 0 Å². The fourth-order valence-electron chi connectivity index (χ4n) is 7.35. The van der Waals surface area contributed by atoms with Crippen LogP contribution >= 0.6 is 11.6 Å². The summed E-state index contributed by atoms with van der Waals surface area (Å²) < 4.78 is 13.7. The van der Waals surface area contributed by atoms with Gasteiger partial charge in [-0.05, 0) is 92.2 Å². The van der Waals surface area contributed by atoms with E-state index in [2.05, 4.69) is 5.32 Å². The molecule has 1 N–H and O–H groups in total. The molecule has 6 heteroatoms. The summed E-state index contributed by atoms with van der Waals surface area (Å²) in [6.07, 6.45) is 6.50. The second kappa shape index (κ2) is 7.31. The molecule has 2 aromatic carbocycles. The summed E-state index contributed by atoms with van der Waals surface area (Å²) >= 11 is 6.35. The number of carbonyl (C=O) groups excluding carboxylic acids is 2. The van der Waals surface area contributed by atoms with Crippen molar-refractivity contribution in [3.8, 4) is 0 Å². The molecule has 4 fully saturated rings. The zero-order valence-corrected chi connectivity index (χ0v) is 18.6. The average Bonchev–Trinajstić information content (AvgIpc) is 2.88. The van der Waals surface area contributed by atoms with E-state index < -0.39 is 6.04 Å². The van der Waals surface area contributed by atoms with E-state index in [0.717, 1.165) is 30.4 Å². The summed E-state index contributed by atoms with van der Waals surface area (Å²) in [5.74, 6) is 1.40. The van der Waals surface area contributed by atoms with Gasteiger partial charge in [0.1, 0.15) is 12.4 Å². The Balaban J connectivity index is 1.47. The largest absolute Gasteiger partial charge is 0.324 e. The van der Waals surface area contributed by atoms with Crippen molar-refractivity contribution in [2.45, 2.75) is 44.6 Å².